The number of fused-ring (bicyclic) bond motifs is 2. The Kier molecular flexibility index (Phi) is 10.5. The molecule has 0 aromatic heterocycles. The minimum Gasteiger partial charge on any atom is -0.496 e. The molecule has 0 spiro atoms. The minimum absolute atomic E-state index is 0.00683. The number of carbonyl (C=O) groups is 6. The van der Waals surface area contributed by atoms with Crippen LogP contribution in [0.1, 0.15) is 71.0 Å². The quantitative estimate of drug-likeness (QED) is 0.120. The topological polar surface area (TPSA) is 187 Å². The molecule has 2 aromatic rings. The van der Waals surface area contributed by atoms with Gasteiger partial charge in [0.05, 0.1) is 25.9 Å². The summed E-state index contributed by atoms with van der Waals surface area (Å²) in [6, 6.07) is 2.51. The lowest BCUT2D eigenvalue weighted by molar-refractivity contribution is -0.169. The number of hydrogen-bond donors (Lipinski definition) is 1. The lowest BCUT2D eigenvalue weighted by Crippen LogP contribution is -2.32. The van der Waals surface area contributed by atoms with Crippen molar-refractivity contribution in [3.8, 4) is 28.7 Å². The molecule has 14 nitrogen and oxygen atoms in total. The molecule has 0 saturated heterocycles. The molecule has 0 amide bonds. The molecule has 1 N–H and O–H groups in total. The standard InChI is InChI=1S/C30H32O14/c1-8-39-27(34)15(5)41-20-10-13(3)21-24(18(20)12-31)43-25-17(11-19(38-7)14(4)23(25)44-29(21)36)22(26(32)33)30(37)42-16(6)28(35)40-9-2/h10-12,15-16,22H,8-9H2,1-7H3,(H,32,33). The smallest absolute Gasteiger partial charge is 0.347 e. The molecular weight excluding hydrogens is 584 g/mol. The Morgan fingerprint density at radius 2 is 1.50 bits per heavy atom. The van der Waals surface area contributed by atoms with Crippen molar-refractivity contribution >= 4 is 36.1 Å². The van der Waals surface area contributed by atoms with E-state index in [1.54, 1.807) is 13.8 Å². The van der Waals surface area contributed by atoms with E-state index in [0.29, 0.717) is 6.29 Å². The van der Waals surface area contributed by atoms with Crippen molar-refractivity contribution in [1.82, 2.24) is 0 Å². The highest BCUT2D eigenvalue weighted by molar-refractivity contribution is 6.04. The lowest BCUT2D eigenvalue weighted by atomic mass is 9.95. The fraction of sp³-hybridized carbons (Fsp3) is 0.400. The molecular formula is C30H32O14. The van der Waals surface area contributed by atoms with Crippen LogP contribution in [0.15, 0.2) is 12.1 Å². The van der Waals surface area contributed by atoms with Crippen molar-refractivity contribution < 1.29 is 67.0 Å². The van der Waals surface area contributed by atoms with Crippen molar-refractivity contribution in [1.29, 1.82) is 0 Å². The van der Waals surface area contributed by atoms with Gasteiger partial charge in [0, 0.05) is 11.1 Å². The van der Waals surface area contributed by atoms with Gasteiger partial charge < -0.3 is 38.3 Å². The van der Waals surface area contributed by atoms with Gasteiger partial charge in [-0.3, -0.25) is 14.4 Å². The van der Waals surface area contributed by atoms with E-state index < -0.39 is 53.7 Å². The largest absolute Gasteiger partial charge is 0.496 e. The number of benzene rings is 2. The fourth-order valence-electron chi connectivity index (χ4n) is 4.38. The molecule has 3 rings (SSSR count). The molecule has 3 atom stereocenters. The zero-order valence-electron chi connectivity index (χ0n) is 25.1. The van der Waals surface area contributed by atoms with E-state index in [1.165, 1.54) is 46.9 Å². The van der Waals surface area contributed by atoms with Crippen LogP contribution in [0.2, 0.25) is 0 Å². The Bertz CT molecular complexity index is 1510. The first kappa shape index (κ1) is 33.4. The van der Waals surface area contributed by atoms with Gasteiger partial charge in [0.15, 0.2) is 41.7 Å². The Morgan fingerprint density at radius 1 is 0.886 bits per heavy atom. The second-order valence-corrected chi connectivity index (χ2v) is 9.48. The van der Waals surface area contributed by atoms with Crippen molar-refractivity contribution in [3.05, 3.63) is 39.9 Å². The summed E-state index contributed by atoms with van der Waals surface area (Å²) in [6.45, 7) is 8.82. The summed E-state index contributed by atoms with van der Waals surface area (Å²) in [4.78, 5) is 75.8. The summed E-state index contributed by atoms with van der Waals surface area (Å²) < 4.78 is 37.7. The third-order valence-electron chi connectivity index (χ3n) is 6.51. The number of hydrogen-bond acceptors (Lipinski definition) is 13. The number of carboxylic acid groups (broad SMARTS) is 1. The monoisotopic (exact) mass is 616 g/mol. The third-order valence-corrected chi connectivity index (χ3v) is 6.51. The number of carboxylic acids is 1. The van der Waals surface area contributed by atoms with Gasteiger partial charge in [-0.15, -0.1) is 0 Å². The van der Waals surface area contributed by atoms with Gasteiger partial charge in [0.1, 0.15) is 17.1 Å². The van der Waals surface area contributed by atoms with Crippen molar-refractivity contribution in [3.63, 3.8) is 0 Å². The molecule has 14 heteroatoms. The van der Waals surface area contributed by atoms with E-state index in [-0.39, 0.29) is 64.0 Å². The first-order valence-corrected chi connectivity index (χ1v) is 13.5. The lowest BCUT2D eigenvalue weighted by Gasteiger charge is -2.22. The van der Waals surface area contributed by atoms with E-state index in [9.17, 15) is 33.9 Å². The number of aldehydes is 1. The Labute approximate surface area is 252 Å². The number of carbonyl (C=O) groups excluding carboxylic acids is 5. The molecule has 0 fully saturated rings. The second kappa shape index (κ2) is 13.9. The molecule has 0 aliphatic carbocycles. The van der Waals surface area contributed by atoms with E-state index in [0.717, 1.165) is 0 Å². The van der Waals surface area contributed by atoms with E-state index in [4.69, 9.17) is 33.2 Å². The zero-order valence-corrected chi connectivity index (χ0v) is 25.1. The molecule has 1 heterocycles. The normalized spacial score (nSPS) is 13.8. The highest BCUT2D eigenvalue weighted by atomic mass is 16.6. The minimum atomic E-state index is -2.13. The molecule has 3 unspecified atom stereocenters. The number of aryl methyl sites for hydroxylation is 1. The number of rotatable bonds is 12. The van der Waals surface area contributed by atoms with Gasteiger partial charge >= 0.3 is 29.8 Å². The maximum atomic E-state index is 13.4. The first-order chi connectivity index (χ1) is 20.8. The Morgan fingerprint density at radius 3 is 2.05 bits per heavy atom. The van der Waals surface area contributed by atoms with Gasteiger partial charge in [0.2, 0.25) is 0 Å². The SMILES string of the molecule is CCOC(=O)C(C)OC(=O)C(C(=O)O)c1cc(OC)c(C)c2c1Oc1c(C=O)c(OC(C)C(=O)OCC)cc(C)c1C(=O)O2. The predicted octanol–water partition coefficient (Wildman–Crippen LogP) is 3.44. The van der Waals surface area contributed by atoms with Crippen LogP contribution >= 0.6 is 0 Å². The highest BCUT2D eigenvalue weighted by Crippen LogP contribution is 2.50. The maximum absolute atomic E-state index is 13.4. The summed E-state index contributed by atoms with van der Waals surface area (Å²) in [5.74, 6) is -8.99. The molecule has 44 heavy (non-hydrogen) atoms. The van der Waals surface area contributed by atoms with Crippen LogP contribution in [-0.4, -0.2) is 73.8 Å². The second-order valence-electron chi connectivity index (χ2n) is 9.48. The zero-order chi connectivity index (χ0) is 32.9. The van der Waals surface area contributed by atoms with Gasteiger partial charge in [-0.05, 0) is 59.2 Å². The molecule has 0 saturated carbocycles. The van der Waals surface area contributed by atoms with Crippen LogP contribution in [0.5, 0.6) is 28.7 Å². The Balaban J connectivity index is 2.26. The molecule has 0 radical (unpaired) electrons. The summed E-state index contributed by atoms with van der Waals surface area (Å²) >= 11 is 0. The van der Waals surface area contributed by atoms with Crippen LogP contribution in [0.25, 0.3) is 0 Å². The first-order valence-electron chi connectivity index (χ1n) is 13.5. The van der Waals surface area contributed by atoms with Crippen LogP contribution in [0.4, 0.5) is 0 Å². The van der Waals surface area contributed by atoms with Crippen molar-refractivity contribution in [2.24, 2.45) is 0 Å². The number of methoxy groups -OCH3 is 1. The molecule has 1 aliphatic rings. The van der Waals surface area contributed by atoms with Crippen LogP contribution in [0.3, 0.4) is 0 Å². The van der Waals surface area contributed by atoms with Crippen LogP contribution in [-0.2, 0) is 33.4 Å². The summed E-state index contributed by atoms with van der Waals surface area (Å²) in [6.07, 6.45) is -2.30. The average Bonchev–Trinajstić information content (AvgIpc) is 3.11. The van der Waals surface area contributed by atoms with Gasteiger partial charge in [-0.25, -0.2) is 14.4 Å². The third kappa shape index (κ3) is 6.58. The maximum Gasteiger partial charge on any atom is 0.347 e. The predicted molar refractivity (Wildman–Crippen MR) is 149 cm³/mol. The number of esters is 4. The number of aliphatic carboxylic acids is 1. The van der Waals surface area contributed by atoms with E-state index in [1.807, 2.05) is 0 Å². The van der Waals surface area contributed by atoms with Gasteiger partial charge in [-0.2, -0.15) is 0 Å². The van der Waals surface area contributed by atoms with E-state index in [2.05, 4.69) is 0 Å². The molecule has 2 aromatic carbocycles. The van der Waals surface area contributed by atoms with Crippen molar-refractivity contribution in [2.75, 3.05) is 20.3 Å². The average molecular weight is 617 g/mol. The van der Waals surface area contributed by atoms with Crippen molar-refractivity contribution in [2.45, 2.75) is 59.7 Å². The van der Waals surface area contributed by atoms with E-state index >= 15 is 0 Å². The highest BCUT2D eigenvalue weighted by Gasteiger charge is 2.40. The molecule has 0 bridgehead atoms. The number of ether oxygens (including phenoxy) is 7. The van der Waals surface area contributed by atoms with Gasteiger partial charge in [0.25, 0.3) is 0 Å². The van der Waals surface area contributed by atoms with Gasteiger partial charge in [-0.1, -0.05) is 0 Å². The van der Waals surface area contributed by atoms with Crippen LogP contribution in [0, 0.1) is 13.8 Å². The summed E-state index contributed by atoms with van der Waals surface area (Å²) in [7, 11) is 1.27. The van der Waals surface area contributed by atoms with Crippen LogP contribution < -0.4 is 18.9 Å². The fourth-order valence-corrected chi connectivity index (χ4v) is 4.38. The molecule has 1 aliphatic heterocycles. The summed E-state index contributed by atoms with van der Waals surface area (Å²) in [5, 5.41) is 10.1. The summed E-state index contributed by atoms with van der Waals surface area (Å²) in [5.41, 5.74) is -0.469. The Hall–Kier alpha value is -5.14. The molecule has 236 valence electrons.